The molecule has 1 atom stereocenters. The van der Waals surface area contributed by atoms with Crippen LogP contribution in [0.3, 0.4) is 0 Å². The number of amides is 1. The van der Waals surface area contributed by atoms with Gasteiger partial charge in [0.25, 0.3) is 16.8 Å². The van der Waals surface area contributed by atoms with E-state index >= 15 is 0 Å². The molecule has 0 fully saturated rings. The van der Waals surface area contributed by atoms with E-state index < -0.39 is 10.9 Å². The summed E-state index contributed by atoms with van der Waals surface area (Å²) in [6.07, 6.45) is 4.35. The Labute approximate surface area is 185 Å². The van der Waals surface area contributed by atoms with Gasteiger partial charge in [-0.2, -0.15) is 0 Å². The van der Waals surface area contributed by atoms with Crippen LogP contribution in [0.5, 0.6) is 5.75 Å². The zero-order valence-corrected chi connectivity index (χ0v) is 18.6. The SMILES string of the molecule is CN(C)C(=O)c1cccc(Nc2c(NC3c4ccoc4CCCC3(C)C)c(=O)c2=O)c1O. The van der Waals surface area contributed by atoms with Crippen molar-refractivity contribution in [2.24, 2.45) is 5.41 Å². The van der Waals surface area contributed by atoms with Crippen LogP contribution in [0.25, 0.3) is 0 Å². The first-order valence-corrected chi connectivity index (χ1v) is 10.6. The molecule has 1 heterocycles. The van der Waals surface area contributed by atoms with Crippen LogP contribution in [0.1, 0.15) is 54.4 Å². The molecule has 1 aliphatic rings. The summed E-state index contributed by atoms with van der Waals surface area (Å²) >= 11 is 0. The molecule has 0 aliphatic heterocycles. The Morgan fingerprint density at radius 1 is 1.16 bits per heavy atom. The number of phenolic OH excluding ortho intramolecular Hbond substituents is 1. The molecule has 32 heavy (non-hydrogen) atoms. The lowest BCUT2D eigenvalue weighted by molar-refractivity contribution is 0.0824. The fraction of sp³-hybridized carbons (Fsp3) is 0.375. The van der Waals surface area contributed by atoms with Gasteiger partial charge in [0.2, 0.25) is 0 Å². The Hall–Kier alpha value is -3.55. The second kappa shape index (κ2) is 7.85. The quantitative estimate of drug-likeness (QED) is 0.318. The molecular formula is C24H27N3O5. The number of aryl methyl sites for hydroxylation is 1. The predicted octanol–water partition coefficient (Wildman–Crippen LogP) is 3.54. The highest BCUT2D eigenvalue weighted by atomic mass is 16.3. The summed E-state index contributed by atoms with van der Waals surface area (Å²) < 4.78 is 5.64. The Morgan fingerprint density at radius 2 is 1.88 bits per heavy atom. The molecule has 0 spiro atoms. The molecule has 4 rings (SSSR count). The summed E-state index contributed by atoms with van der Waals surface area (Å²) in [5.74, 6) is 0.230. The highest BCUT2D eigenvalue weighted by molar-refractivity contribution is 5.99. The number of para-hydroxylation sites is 1. The standard InChI is InChI=1S/C24H27N3O5/c1-24(2)11-6-9-16-13(10-12-32-16)22(24)26-18-17(20(29)21(18)30)25-15-8-5-7-14(19(15)28)23(31)27(3)4/h5,7-8,10,12,22,25-26,28H,6,9,11H2,1-4H3. The van der Waals surface area contributed by atoms with E-state index in [0.717, 1.165) is 30.6 Å². The van der Waals surface area contributed by atoms with E-state index in [1.165, 1.54) is 11.0 Å². The Bertz CT molecular complexity index is 1250. The van der Waals surface area contributed by atoms with Gasteiger partial charge in [-0.05, 0) is 36.5 Å². The number of furan rings is 1. The first-order valence-electron chi connectivity index (χ1n) is 10.6. The predicted molar refractivity (Wildman–Crippen MR) is 123 cm³/mol. The number of rotatable bonds is 5. The summed E-state index contributed by atoms with van der Waals surface area (Å²) in [5, 5.41) is 16.7. The van der Waals surface area contributed by atoms with Gasteiger partial charge in [0.15, 0.2) is 5.75 Å². The molecule has 0 bridgehead atoms. The van der Waals surface area contributed by atoms with Crippen molar-refractivity contribution in [3.05, 3.63) is 67.9 Å². The lowest BCUT2D eigenvalue weighted by Crippen LogP contribution is -2.39. The van der Waals surface area contributed by atoms with Gasteiger partial charge in [0.05, 0.1) is 23.6 Å². The highest BCUT2D eigenvalue weighted by Gasteiger charge is 2.37. The van der Waals surface area contributed by atoms with E-state index in [-0.39, 0.29) is 45.7 Å². The largest absolute Gasteiger partial charge is 0.505 e. The molecule has 3 N–H and O–H groups in total. The molecule has 2 aromatic carbocycles. The zero-order chi connectivity index (χ0) is 23.2. The molecule has 1 aliphatic carbocycles. The van der Waals surface area contributed by atoms with Crippen LogP contribution in [-0.2, 0) is 6.42 Å². The van der Waals surface area contributed by atoms with Crippen LogP contribution in [0, 0.1) is 5.41 Å². The van der Waals surface area contributed by atoms with Crippen LogP contribution in [0.4, 0.5) is 17.1 Å². The Kier molecular flexibility index (Phi) is 5.32. The number of nitrogens with one attached hydrogen (secondary N) is 2. The molecule has 1 aromatic heterocycles. The van der Waals surface area contributed by atoms with Gasteiger partial charge in [-0.1, -0.05) is 19.9 Å². The van der Waals surface area contributed by atoms with Gasteiger partial charge in [-0.25, -0.2) is 0 Å². The lowest BCUT2D eigenvalue weighted by atomic mass is 9.78. The van der Waals surface area contributed by atoms with E-state index in [4.69, 9.17) is 4.42 Å². The third-order valence-corrected chi connectivity index (χ3v) is 6.23. The van der Waals surface area contributed by atoms with E-state index in [9.17, 15) is 19.5 Å². The van der Waals surface area contributed by atoms with Crippen LogP contribution < -0.4 is 21.5 Å². The third-order valence-electron chi connectivity index (χ3n) is 6.23. The number of carbonyl (C=O) groups excluding carboxylic acids is 1. The number of nitrogens with zero attached hydrogens (tertiary/aromatic N) is 1. The summed E-state index contributed by atoms with van der Waals surface area (Å²) in [5.41, 5.74) is 0.0289. The van der Waals surface area contributed by atoms with E-state index in [1.807, 2.05) is 6.07 Å². The molecule has 1 unspecified atom stereocenters. The number of anilines is 3. The smallest absolute Gasteiger partial charge is 0.257 e. The van der Waals surface area contributed by atoms with Crippen LogP contribution >= 0.6 is 0 Å². The molecule has 0 saturated heterocycles. The van der Waals surface area contributed by atoms with Gasteiger partial charge in [-0.3, -0.25) is 14.4 Å². The summed E-state index contributed by atoms with van der Waals surface area (Å²) in [6.45, 7) is 4.24. The van der Waals surface area contributed by atoms with Crippen LogP contribution in [0.15, 0.2) is 44.5 Å². The number of hydrogen-bond donors (Lipinski definition) is 3. The molecule has 168 valence electrons. The molecule has 3 aromatic rings. The number of carbonyl (C=O) groups is 1. The molecule has 8 heteroatoms. The summed E-state index contributed by atoms with van der Waals surface area (Å²) in [6, 6.07) is 6.33. The lowest BCUT2D eigenvalue weighted by Gasteiger charge is -2.35. The maximum Gasteiger partial charge on any atom is 0.257 e. The molecule has 8 nitrogen and oxygen atoms in total. The number of phenols is 1. The van der Waals surface area contributed by atoms with Crippen molar-refractivity contribution in [3.63, 3.8) is 0 Å². The first-order chi connectivity index (χ1) is 15.1. The number of aromatic hydroxyl groups is 1. The molecule has 0 radical (unpaired) electrons. The molecule has 0 saturated carbocycles. The van der Waals surface area contributed by atoms with Crippen molar-refractivity contribution < 1.29 is 14.3 Å². The van der Waals surface area contributed by atoms with Crippen LogP contribution in [0.2, 0.25) is 0 Å². The van der Waals surface area contributed by atoms with Gasteiger partial charge >= 0.3 is 0 Å². The maximum absolute atomic E-state index is 12.5. The second-order valence-electron chi connectivity index (χ2n) is 9.15. The average molecular weight is 437 g/mol. The highest BCUT2D eigenvalue weighted by Crippen LogP contribution is 2.45. The number of benzene rings is 1. The monoisotopic (exact) mass is 437 g/mol. The average Bonchev–Trinajstić information content (AvgIpc) is 3.16. The van der Waals surface area contributed by atoms with Crippen molar-refractivity contribution in [1.29, 1.82) is 0 Å². The van der Waals surface area contributed by atoms with Gasteiger partial charge in [0.1, 0.15) is 17.1 Å². The minimum atomic E-state index is -0.671. The Balaban J connectivity index is 1.68. The topological polar surface area (TPSA) is 112 Å². The normalized spacial score (nSPS) is 17.4. The fourth-order valence-corrected chi connectivity index (χ4v) is 4.34. The third kappa shape index (κ3) is 3.55. The van der Waals surface area contributed by atoms with Crippen molar-refractivity contribution in [1.82, 2.24) is 4.90 Å². The van der Waals surface area contributed by atoms with Gasteiger partial charge < -0.3 is 25.1 Å². The number of fused-ring (bicyclic) bond motifs is 1. The van der Waals surface area contributed by atoms with E-state index in [1.54, 1.807) is 32.5 Å². The molecule has 1 amide bonds. The van der Waals surface area contributed by atoms with Crippen molar-refractivity contribution in [2.75, 3.05) is 24.7 Å². The summed E-state index contributed by atoms with van der Waals surface area (Å²) in [4.78, 5) is 38.5. The second-order valence-corrected chi connectivity index (χ2v) is 9.15. The van der Waals surface area contributed by atoms with Crippen molar-refractivity contribution >= 4 is 23.0 Å². The van der Waals surface area contributed by atoms with E-state index in [2.05, 4.69) is 24.5 Å². The number of hydrogen-bond acceptors (Lipinski definition) is 7. The minimum Gasteiger partial charge on any atom is -0.505 e. The van der Waals surface area contributed by atoms with Crippen molar-refractivity contribution in [3.8, 4) is 5.75 Å². The van der Waals surface area contributed by atoms with Gasteiger partial charge in [0, 0.05) is 26.1 Å². The van der Waals surface area contributed by atoms with E-state index in [0.29, 0.717) is 0 Å². The first kappa shape index (κ1) is 21.7. The van der Waals surface area contributed by atoms with Crippen molar-refractivity contribution in [2.45, 2.75) is 39.2 Å². The Morgan fingerprint density at radius 3 is 2.59 bits per heavy atom. The minimum absolute atomic E-state index is 0.0739. The fourth-order valence-electron chi connectivity index (χ4n) is 4.34. The summed E-state index contributed by atoms with van der Waals surface area (Å²) in [7, 11) is 3.17. The zero-order valence-electron chi connectivity index (χ0n) is 18.6. The maximum atomic E-state index is 12.5. The molecular weight excluding hydrogens is 410 g/mol. The van der Waals surface area contributed by atoms with Gasteiger partial charge in [-0.15, -0.1) is 0 Å². The van der Waals surface area contributed by atoms with Crippen LogP contribution in [-0.4, -0.2) is 30.0 Å².